The smallest absolute Gasteiger partial charge is 0.0758 e. The zero-order valence-electron chi connectivity index (χ0n) is 10.1. The molecule has 0 saturated carbocycles. The summed E-state index contributed by atoms with van der Waals surface area (Å²) in [6.07, 6.45) is 2.95. The van der Waals surface area contributed by atoms with Crippen molar-refractivity contribution in [1.29, 1.82) is 0 Å². The molecule has 4 heteroatoms. The summed E-state index contributed by atoms with van der Waals surface area (Å²) in [7, 11) is 0. The van der Waals surface area contributed by atoms with Crippen LogP contribution < -0.4 is 5.73 Å². The van der Waals surface area contributed by atoms with Crippen LogP contribution in [-0.4, -0.2) is 29.0 Å². The highest BCUT2D eigenvalue weighted by Gasteiger charge is 2.19. The summed E-state index contributed by atoms with van der Waals surface area (Å²) >= 11 is 3.58. The number of nitrogens with two attached hydrogens (primary N) is 1. The summed E-state index contributed by atoms with van der Waals surface area (Å²) in [5.41, 5.74) is 8.32. The monoisotopic (exact) mass is 305 g/mol. The van der Waals surface area contributed by atoms with E-state index in [4.69, 9.17) is 5.73 Å². The molecule has 1 saturated heterocycles. The largest absolute Gasteiger partial charge is 0.326 e. The Kier molecular flexibility index (Phi) is 3.33. The average molecular weight is 306 g/mol. The van der Waals surface area contributed by atoms with Gasteiger partial charge in [-0.25, -0.2) is 0 Å². The minimum Gasteiger partial charge on any atom is -0.326 e. The lowest BCUT2D eigenvalue weighted by molar-refractivity contribution is 0.328. The van der Waals surface area contributed by atoms with Crippen LogP contribution in [0.4, 0.5) is 0 Å². The third-order valence-corrected chi connectivity index (χ3v) is 4.19. The zero-order chi connectivity index (χ0) is 12.5. The van der Waals surface area contributed by atoms with Crippen molar-refractivity contribution in [2.75, 3.05) is 13.1 Å². The van der Waals surface area contributed by atoms with E-state index in [1.807, 2.05) is 12.3 Å². The summed E-state index contributed by atoms with van der Waals surface area (Å²) in [6.45, 7) is 3.02. The van der Waals surface area contributed by atoms with E-state index in [0.29, 0.717) is 6.04 Å². The van der Waals surface area contributed by atoms with Crippen LogP contribution in [0.2, 0.25) is 0 Å². The van der Waals surface area contributed by atoms with E-state index in [9.17, 15) is 0 Å². The first-order chi connectivity index (χ1) is 8.74. The molecular formula is C14H16BrN3. The summed E-state index contributed by atoms with van der Waals surface area (Å²) in [5.74, 6) is 0. The van der Waals surface area contributed by atoms with E-state index < -0.39 is 0 Å². The number of pyridine rings is 1. The fourth-order valence-electron chi connectivity index (χ4n) is 2.57. The molecule has 2 heterocycles. The van der Waals surface area contributed by atoms with E-state index in [-0.39, 0.29) is 0 Å². The molecule has 3 rings (SSSR count). The molecule has 0 bridgehead atoms. The molecule has 2 N–H and O–H groups in total. The Hall–Kier alpha value is -0.970. The number of hydrogen-bond donors (Lipinski definition) is 1. The van der Waals surface area contributed by atoms with Gasteiger partial charge in [0.2, 0.25) is 0 Å². The van der Waals surface area contributed by atoms with Gasteiger partial charge in [0.1, 0.15) is 0 Å². The van der Waals surface area contributed by atoms with Crippen molar-refractivity contribution in [3.05, 3.63) is 40.5 Å². The van der Waals surface area contributed by atoms with Crippen molar-refractivity contribution >= 4 is 26.8 Å². The van der Waals surface area contributed by atoms with Gasteiger partial charge >= 0.3 is 0 Å². The fourth-order valence-corrected chi connectivity index (χ4v) is 3.02. The quantitative estimate of drug-likeness (QED) is 0.927. The van der Waals surface area contributed by atoms with Gasteiger partial charge in [0, 0.05) is 41.7 Å². The molecule has 94 valence electrons. The number of aromatic nitrogens is 1. The van der Waals surface area contributed by atoms with Gasteiger partial charge in [0.05, 0.1) is 5.52 Å². The Balaban J connectivity index is 1.95. The number of benzene rings is 1. The SMILES string of the molecule is NC1CCN(Cc2ccc(Br)c3cccnc23)C1. The summed E-state index contributed by atoms with van der Waals surface area (Å²) in [6, 6.07) is 8.67. The van der Waals surface area contributed by atoms with Gasteiger partial charge in [0.15, 0.2) is 0 Å². The van der Waals surface area contributed by atoms with Gasteiger partial charge in [-0.2, -0.15) is 0 Å². The summed E-state index contributed by atoms with van der Waals surface area (Å²) in [4.78, 5) is 6.92. The Bertz CT molecular complexity index is 570. The first-order valence-corrected chi connectivity index (χ1v) is 7.03. The summed E-state index contributed by atoms with van der Waals surface area (Å²) in [5, 5.41) is 1.18. The summed E-state index contributed by atoms with van der Waals surface area (Å²) < 4.78 is 1.10. The first kappa shape index (κ1) is 12.1. The van der Waals surface area contributed by atoms with Gasteiger partial charge in [-0.1, -0.05) is 28.1 Å². The Labute approximate surface area is 115 Å². The highest BCUT2D eigenvalue weighted by Crippen LogP contribution is 2.26. The highest BCUT2D eigenvalue weighted by molar-refractivity contribution is 9.10. The topological polar surface area (TPSA) is 42.1 Å². The van der Waals surface area contributed by atoms with Gasteiger partial charge in [0.25, 0.3) is 0 Å². The second-order valence-corrected chi connectivity index (χ2v) is 5.74. The Morgan fingerprint density at radius 1 is 1.39 bits per heavy atom. The standard InChI is InChI=1S/C14H16BrN3/c15-13-4-3-10(8-18-7-5-11(16)9-18)14-12(13)2-1-6-17-14/h1-4,6,11H,5,7-9,16H2. The molecule has 1 aromatic heterocycles. The maximum Gasteiger partial charge on any atom is 0.0758 e. The predicted molar refractivity (Wildman–Crippen MR) is 77.3 cm³/mol. The van der Waals surface area contributed by atoms with Gasteiger partial charge in [-0.15, -0.1) is 0 Å². The average Bonchev–Trinajstić information content (AvgIpc) is 2.79. The molecule has 1 fully saturated rings. The van der Waals surface area contributed by atoms with Gasteiger partial charge in [-0.05, 0) is 24.1 Å². The molecule has 3 nitrogen and oxygen atoms in total. The number of likely N-dealkylation sites (tertiary alicyclic amines) is 1. The number of fused-ring (bicyclic) bond motifs is 1. The lowest BCUT2D eigenvalue weighted by Crippen LogP contribution is -2.26. The number of rotatable bonds is 2. The minimum absolute atomic E-state index is 0.333. The molecule has 18 heavy (non-hydrogen) atoms. The number of hydrogen-bond acceptors (Lipinski definition) is 3. The predicted octanol–water partition coefficient (Wildman–Crippen LogP) is 2.53. The Morgan fingerprint density at radius 2 is 2.28 bits per heavy atom. The molecule has 1 aliphatic rings. The van der Waals surface area contributed by atoms with Crippen LogP contribution in [0.15, 0.2) is 34.9 Å². The Morgan fingerprint density at radius 3 is 3.06 bits per heavy atom. The minimum atomic E-state index is 0.333. The highest BCUT2D eigenvalue weighted by atomic mass is 79.9. The van der Waals surface area contributed by atoms with Crippen LogP contribution in [-0.2, 0) is 6.54 Å². The lowest BCUT2D eigenvalue weighted by atomic mass is 10.1. The second kappa shape index (κ2) is 4.96. The van der Waals surface area contributed by atoms with Crippen molar-refractivity contribution < 1.29 is 0 Å². The molecule has 0 amide bonds. The molecule has 0 spiro atoms. The van der Waals surface area contributed by atoms with E-state index >= 15 is 0 Å². The van der Waals surface area contributed by atoms with Gasteiger partial charge < -0.3 is 5.73 Å². The van der Waals surface area contributed by atoms with Crippen LogP contribution in [0.25, 0.3) is 10.9 Å². The van der Waals surface area contributed by atoms with Crippen LogP contribution in [0.5, 0.6) is 0 Å². The fraction of sp³-hybridized carbons (Fsp3) is 0.357. The van der Waals surface area contributed by atoms with Crippen molar-refractivity contribution in [2.45, 2.75) is 19.0 Å². The molecule has 1 atom stereocenters. The molecule has 2 aromatic rings. The van der Waals surface area contributed by atoms with Crippen molar-refractivity contribution in [1.82, 2.24) is 9.88 Å². The molecule has 0 radical (unpaired) electrons. The van der Waals surface area contributed by atoms with Crippen LogP contribution in [0.1, 0.15) is 12.0 Å². The van der Waals surface area contributed by atoms with Crippen LogP contribution >= 0.6 is 15.9 Å². The first-order valence-electron chi connectivity index (χ1n) is 6.24. The van der Waals surface area contributed by atoms with Crippen molar-refractivity contribution in [3.8, 4) is 0 Å². The van der Waals surface area contributed by atoms with E-state index in [2.05, 4.69) is 44.0 Å². The molecular weight excluding hydrogens is 290 g/mol. The van der Waals surface area contributed by atoms with E-state index in [1.165, 1.54) is 10.9 Å². The van der Waals surface area contributed by atoms with Crippen LogP contribution in [0.3, 0.4) is 0 Å². The normalized spacial score (nSPS) is 20.7. The number of nitrogens with zero attached hydrogens (tertiary/aromatic N) is 2. The van der Waals surface area contributed by atoms with E-state index in [0.717, 1.165) is 36.0 Å². The third kappa shape index (κ3) is 2.28. The maximum atomic E-state index is 5.95. The van der Waals surface area contributed by atoms with E-state index in [1.54, 1.807) is 0 Å². The molecule has 1 unspecified atom stereocenters. The van der Waals surface area contributed by atoms with Gasteiger partial charge in [-0.3, -0.25) is 9.88 Å². The lowest BCUT2D eigenvalue weighted by Gasteiger charge is -2.16. The molecule has 1 aliphatic heterocycles. The molecule has 0 aliphatic carbocycles. The maximum absolute atomic E-state index is 5.95. The van der Waals surface area contributed by atoms with Crippen molar-refractivity contribution in [2.24, 2.45) is 5.73 Å². The second-order valence-electron chi connectivity index (χ2n) is 4.89. The zero-order valence-corrected chi connectivity index (χ0v) is 11.7. The molecule has 1 aromatic carbocycles. The third-order valence-electron chi connectivity index (χ3n) is 3.50. The van der Waals surface area contributed by atoms with Crippen LogP contribution in [0, 0.1) is 0 Å². The van der Waals surface area contributed by atoms with Crippen molar-refractivity contribution in [3.63, 3.8) is 0 Å². The number of halogens is 1.